The van der Waals surface area contributed by atoms with Gasteiger partial charge in [0.25, 0.3) is 0 Å². The number of allylic oxidation sites excluding steroid dienone is 2. The van der Waals surface area contributed by atoms with Crippen molar-refractivity contribution in [3.63, 3.8) is 0 Å². The molecule has 1 nitrogen and oxygen atoms in total. The van der Waals surface area contributed by atoms with E-state index in [9.17, 15) is 0 Å². The smallest absolute Gasteiger partial charge is 0.0883 e. The second-order valence-electron chi connectivity index (χ2n) is 6.21. The van der Waals surface area contributed by atoms with E-state index in [1.165, 1.54) is 27.8 Å². The van der Waals surface area contributed by atoms with Gasteiger partial charge < -0.3 is 5.32 Å². The third-order valence-electron chi connectivity index (χ3n) is 4.63. The summed E-state index contributed by atoms with van der Waals surface area (Å²) in [4.78, 5) is 0. The Hall–Kier alpha value is -2.46. The van der Waals surface area contributed by atoms with Crippen molar-refractivity contribution in [1.29, 1.82) is 0 Å². The third-order valence-corrected chi connectivity index (χ3v) is 4.63. The van der Waals surface area contributed by atoms with Gasteiger partial charge >= 0.3 is 0 Å². The van der Waals surface area contributed by atoms with E-state index < -0.39 is 0 Å². The van der Waals surface area contributed by atoms with Crippen LogP contribution in [0.2, 0.25) is 0 Å². The monoisotopic (exact) mass is 317 g/mol. The molecule has 24 heavy (non-hydrogen) atoms. The summed E-state index contributed by atoms with van der Waals surface area (Å²) >= 11 is 0. The molecule has 0 aliphatic heterocycles. The minimum absolute atomic E-state index is 0.846. The lowest BCUT2D eigenvalue weighted by Gasteiger charge is -2.10. The highest BCUT2D eigenvalue weighted by Gasteiger charge is 2.04. The van der Waals surface area contributed by atoms with Crippen LogP contribution < -0.4 is 5.32 Å². The average molecular weight is 317 g/mol. The number of rotatable bonds is 6. The molecule has 0 spiro atoms. The molecule has 0 aliphatic rings. The Labute approximate surface area is 146 Å². The Morgan fingerprint density at radius 3 is 2.42 bits per heavy atom. The Morgan fingerprint density at radius 2 is 1.79 bits per heavy atom. The van der Waals surface area contributed by atoms with Gasteiger partial charge in [0.05, 0.1) is 5.70 Å². The molecule has 0 bridgehead atoms. The maximum Gasteiger partial charge on any atom is 0.0883 e. The molecule has 0 amide bonds. The third kappa shape index (κ3) is 4.30. The molecule has 124 valence electrons. The first-order valence-corrected chi connectivity index (χ1v) is 8.62. The fourth-order valence-electron chi connectivity index (χ4n) is 3.02. The standard InChI is InChI=1S/C23H27N/c1-6-21-15-20(12-11-17(21)3)14-13-19-9-8-10-22(16-19)18(4)23(7-2)24-5/h2,8-12,15-16,24H,6,13-14H2,1,3-5H3/b23-18+. The zero-order chi connectivity index (χ0) is 17.5. The zero-order valence-electron chi connectivity index (χ0n) is 15.2. The number of benzene rings is 2. The van der Waals surface area contributed by atoms with Crippen LogP contribution in [0.3, 0.4) is 0 Å². The molecule has 1 heteroatoms. The number of hydrogen-bond acceptors (Lipinski definition) is 1. The molecule has 0 aromatic heterocycles. The van der Waals surface area contributed by atoms with E-state index in [4.69, 9.17) is 6.42 Å². The van der Waals surface area contributed by atoms with E-state index in [1.54, 1.807) is 0 Å². The van der Waals surface area contributed by atoms with Gasteiger partial charge in [0.2, 0.25) is 0 Å². The molecule has 2 aromatic carbocycles. The molecule has 1 N–H and O–H groups in total. The van der Waals surface area contributed by atoms with E-state index in [2.05, 4.69) is 74.5 Å². The number of hydrogen-bond donors (Lipinski definition) is 1. The highest BCUT2D eigenvalue weighted by Crippen LogP contribution is 2.20. The quantitative estimate of drug-likeness (QED) is 0.745. The van der Waals surface area contributed by atoms with Crippen molar-refractivity contribution in [2.75, 3.05) is 7.05 Å². The normalized spacial score (nSPS) is 11.6. The summed E-state index contributed by atoms with van der Waals surface area (Å²) < 4.78 is 0. The molecule has 0 heterocycles. The SMILES string of the molecule is C#C/C(NC)=C(/C)c1cccc(CCc2ccc(C)c(CC)c2)c1. The molecular formula is C23H27N. The lowest BCUT2D eigenvalue weighted by molar-refractivity contribution is 0.949. The highest BCUT2D eigenvalue weighted by atomic mass is 14.8. The Kier molecular flexibility index (Phi) is 6.27. The summed E-state index contributed by atoms with van der Waals surface area (Å²) in [6.45, 7) is 6.47. The average Bonchev–Trinajstić information content (AvgIpc) is 2.62. The summed E-state index contributed by atoms with van der Waals surface area (Å²) in [5.41, 5.74) is 8.75. The van der Waals surface area contributed by atoms with Crippen molar-refractivity contribution in [3.8, 4) is 12.3 Å². The maximum absolute atomic E-state index is 5.56. The first-order valence-electron chi connectivity index (χ1n) is 8.62. The van der Waals surface area contributed by atoms with E-state index in [0.29, 0.717) is 0 Å². The second-order valence-corrected chi connectivity index (χ2v) is 6.21. The van der Waals surface area contributed by atoms with Crippen LogP contribution in [0.15, 0.2) is 48.2 Å². The van der Waals surface area contributed by atoms with Crippen LogP contribution in [0.5, 0.6) is 0 Å². The Balaban J connectivity index is 2.16. The van der Waals surface area contributed by atoms with Crippen molar-refractivity contribution < 1.29 is 0 Å². The van der Waals surface area contributed by atoms with Gasteiger partial charge in [-0.2, -0.15) is 0 Å². The largest absolute Gasteiger partial charge is 0.381 e. The lowest BCUT2D eigenvalue weighted by atomic mass is 9.97. The van der Waals surface area contributed by atoms with Crippen LogP contribution in [0.1, 0.15) is 41.7 Å². The van der Waals surface area contributed by atoms with E-state index in [-0.39, 0.29) is 0 Å². The maximum atomic E-state index is 5.56. The number of terminal acetylenes is 1. The molecular weight excluding hydrogens is 290 g/mol. The topological polar surface area (TPSA) is 12.0 Å². The van der Waals surface area contributed by atoms with Crippen LogP contribution in [0, 0.1) is 19.3 Å². The Morgan fingerprint density at radius 1 is 1.08 bits per heavy atom. The zero-order valence-corrected chi connectivity index (χ0v) is 15.2. The first kappa shape index (κ1) is 17.9. The molecule has 0 aliphatic carbocycles. The van der Waals surface area contributed by atoms with Crippen LogP contribution in [0.25, 0.3) is 5.57 Å². The van der Waals surface area contributed by atoms with Gasteiger partial charge in [-0.1, -0.05) is 55.3 Å². The predicted molar refractivity (Wildman–Crippen MR) is 105 cm³/mol. The second kappa shape index (κ2) is 8.41. The van der Waals surface area contributed by atoms with Gasteiger partial charge in [-0.15, -0.1) is 6.42 Å². The van der Waals surface area contributed by atoms with E-state index in [0.717, 1.165) is 30.5 Å². The summed E-state index contributed by atoms with van der Waals surface area (Å²) in [7, 11) is 1.87. The van der Waals surface area contributed by atoms with Crippen LogP contribution in [-0.2, 0) is 19.3 Å². The Bertz CT molecular complexity index is 775. The van der Waals surface area contributed by atoms with E-state index in [1.807, 2.05) is 7.05 Å². The van der Waals surface area contributed by atoms with E-state index >= 15 is 0 Å². The van der Waals surface area contributed by atoms with Gasteiger partial charge in [0.1, 0.15) is 0 Å². The van der Waals surface area contributed by atoms with Crippen molar-refractivity contribution in [2.45, 2.75) is 40.0 Å². The molecule has 2 rings (SSSR count). The van der Waals surface area contributed by atoms with Crippen molar-refractivity contribution >= 4 is 5.57 Å². The summed E-state index contributed by atoms with van der Waals surface area (Å²) in [5.74, 6) is 2.71. The minimum Gasteiger partial charge on any atom is -0.381 e. The van der Waals surface area contributed by atoms with Crippen LogP contribution >= 0.6 is 0 Å². The van der Waals surface area contributed by atoms with Crippen molar-refractivity contribution in [3.05, 3.63) is 76.0 Å². The van der Waals surface area contributed by atoms with Gasteiger partial charge in [-0.25, -0.2) is 0 Å². The van der Waals surface area contributed by atoms with Gasteiger partial charge in [-0.05, 0) is 66.5 Å². The minimum atomic E-state index is 0.846. The molecule has 0 saturated heterocycles. The number of aryl methyl sites for hydroxylation is 4. The lowest BCUT2D eigenvalue weighted by Crippen LogP contribution is -2.06. The fourth-order valence-corrected chi connectivity index (χ4v) is 3.02. The molecule has 0 fully saturated rings. The molecule has 0 radical (unpaired) electrons. The van der Waals surface area contributed by atoms with Crippen LogP contribution in [-0.4, -0.2) is 7.05 Å². The van der Waals surface area contributed by atoms with Gasteiger partial charge in [-0.3, -0.25) is 0 Å². The predicted octanol–water partition coefficient (Wildman–Crippen LogP) is 4.93. The fraction of sp³-hybridized carbons (Fsp3) is 0.304. The van der Waals surface area contributed by atoms with Crippen molar-refractivity contribution in [2.24, 2.45) is 0 Å². The first-order chi connectivity index (χ1) is 11.6. The van der Waals surface area contributed by atoms with Gasteiger partial charge in [0, 0.05) is 7.05 Å². The summed E-state index contributed by atoms with van der Waals surface area (Å²) in [6.07, 6.45) is 8.76. The summed E-state index contributed by atoms with van der Waals surface area (Å²) in [5, 5.41) is 3.09. The molecule has 0 saturated carbocycles. The van der Waals surface area contributed by atoms with Crippen molar-refractivity contribution in [1.82, 2.24) is 5.32 Å². The molecule has 0 atom stereocenters. The molecule has 2 aromatic rings. The van der Waals surface area contributed by atoms with Gasteiger partial charge in [0.15, 0.2) is 0 Å². The highest BCUT2D eigenvalue weighted by molar-refractivity contribution is 5.70. The van der Waals surface area contributed by atoms with Crippen LogP contribution in [0.4, 0.5) is 0 Å². The number of nitrogens with one attached hydrogen (secondary N) is 1. The summed E-state index contributed by atoms with van der Waals surface area (Å²) in [6, 6.07) is 15.5. The molecule has 0 unspecified atom stereocenters.